The highest BCUT2D eigenvalue weighted by molar-refractivity contribution is 7.89. The van der Waals surface area contributed by atoms with E-state index in [1.807, 2.05) is 0 Å². The van der Waals surface area contributed by atoms with Crippen LogP contribution in [0.5, 0.6) is 0 Å². The van der Waals surface area contributed by atoms with Crippen molar-refractivity contribution in [1.29, 1.82) is 0 Å². The van der Waals surface area contributed by atoms with E-state index in [0.29, 0.717) is 22.6 Å². The zero-order valence-electron chi connectivity index (χ0n) is 15.7. The lowest BCUT2D eigenvalue weighted by molar-refractivity contribution is 0.521. The van der Waals surface area contributed by atoms with E-state index < -0.39 is 21.1 Å². The van der Waals surface area contributed by atoms with Gasteiger partial charge in [-0.3, -0.25) is 14.2 Å². The standard InChI is InChI=1S/C19H20ClN3O4S/c1-4-22-16-9-8-15(28(26,27)21(2)3)11-17(16)23(19(25)18(22)24)12-13-6-5-7-14(20)10-13/h5-11H,4,12H2,1-3H3. The molecule has 0 aliphatic rings. The van der Waals surface area contributed by atoms with Crippen LogP contribution in [0, 0.1) is 0 Å². The minimum atomic E-state index is -3.70. The first kappa shape index (κ1) is 20.3. The van der Waals surface area contributed by atoms with Gasteiger partial charge < -0.3 is 4.57 Å². The van der Waals surface area contributed by atoms with Crippen LogP contribution in [-0.4, -0.2) is 36.0 Å². The maximum absolute atomic E-state index is 12.8. The fraction of sp³-hybridized carbons (Fsp3) is 0.263. The summed E-state index contributed by atoms with van der Waals surface area (Å²) in [6.07, 6.45) is 0. The van der Waals surface area contributed by atoms with Gasteiger partial charge in [0.15, 0.2) is 0 Å². The molecule has 0 radical (unpaired) electrons. The smallest absolute Gasteiger partial charge is 0.302 e. The third kappa shape index (κ3) is 3.50. The van der Waals surface area contributed by atoms with Crippen molar-refractivity contribution < 1.29 is 8.42 Å². The first-order valence-electron chi connectivity index (χ1n) is 8.61. The Bertz CT molecular complexity index is 1280. The fourth-order valence-electron chi connectivity index (χ4n) is 3.06. The molecule has 0 aliphatic carbocycles. The molecule has 0 unspecified atom stereocenters. The average molecular weight is 422 g/mol. The molecular formula is C19H20ClN3O4S. The van der Waals surface area contributed by atoms with Crippen LogP contribution in [0.3, 0.4) is 0 Å². The summed E-state index contributed by atoms with van der Waals surface area (Å²) in [7, 11) is -0.826. The lowest BCUT2D eigenvalue weighted by Crippen LogP contribution is -2.41. The highest BCUT2D eigenvalue weighted by Gasteiger charge is 2.20. The molecule has 0 N–H and O–H groups in total. The number of halogens is 1. The summed E-state index contributed by atoms with van der Waals surface area (Å²) in [5, 5.41) is 0.507. The van der Waals surface area contributed by atoms with Gasteiger partial charge in [-0.2, -0.15) is 0 Å². The number of fused-ring (bicyclic) bond motifs is 1. The lowest BCUT2D eigenvalue weighted by atomic mass is 10.2. The number of aryl methyl sites for hydroxylation is 1. The summed E-state index contributed by atoms with van der Waals surface area (Å²) in [6.45, 7) is 2.15. The highest BCUT2D eigenvalue weighted by Crippen LogP contribution is 2.21. The van der Waals surface area contributed by atoms with Gasteiger partial charge in [0, 0.05) is 25.7 Å². The van der Waals surface area contributed by atoms with Gasteiger partial charge in [0.05, 0.1) is 22.5 Å². The number of hydrogen-bond acceptors (Lipinski definition) is 4. The third-order valence-electron chi connectivity index (χ3n) is 4.53. The summed E-state index contributed by atoms with van der Waals surface area (Å²) in [4.78, 5) is 25.4. The normalized spacial score (nSPS) is 12.0. The first-order valence-corrected chi connectivity index (χ1v) is 10.4. The van der Waals surface area contributed by atoms with Gasteiger partial charge in [-0.05, 0) is 42.8 Å². The predicted octanol–water partition coefficient (Wildman–Crippen LogP) is 2.14. The second-order valence-electron chi connectivity index (χ2n) is 6.51. The van der Waals surface area contributed by atoms with E-state index in [-0.39, 0.29) is 11.4 Å². The van der Waals surface area contributed by atoms with Crippen molar-refractivity contribution in [3.05, 3.63) is 73.8 Å². The number of aromatic nitrogens is 2. The van der Waals surface area contributed by atoms with E-state index in [1.54, 1.807) is 37.3 Å². The third-order valence-corrected chi connectivity index (χ3v) is 6.57. The van der Waals surface area contributed by atoms with Gasteiger partial charge in [-0.25, -0.2) is 12.7 Å². The molecule has 3 aromatic rings. The zero-order chi connectivity index (χ0) is 20.6. The SMILES string of the molecule is CCn1c(=O)c(=O)n(Cc2cccc(Cl)c2)c2cc(S(=O)(=O)N(C)C)ccc21. The van der Waals surface area contributed by atoms with E-state index in [4.69, 9.17) is 11.6 Å². The van der Waals surface area contributed by atoms with Gasteiger partial charge >= 0.3 is 11.1 Å². The molecule has 1 aromatic heterocycles. The molecule has 0 amide bonds. The summed E-state index contributed by atoms with van der Waals surface area (Å²) >= 11 is 6.03. The first-order chi connectivity index (χ1) is 13.2. The van der Waals surface area contributed by atoms with E-state index in [9.17, 15) is 18.0 Å². The fourth-order valence-corrected chi connectivity index (χ4v) is 4.19. The van der Waals surface area contributed by atoms with Gasteiger partial charge in [0.2, 0.25) is 10.0 Å². The van der Waals surface area contributed by atoms with E-state index in [0.717, 1.165) is 9.87 Å². The molecule has 7 nitrogen and oxygen atoms in total. The van der Waals surface area contributed by atoms with E-state index >= 15 is 0 Å². The van der Waals surface area contributed by atoms with Gasteiger partial charge in [-0.1, -0.05) is 23.7 Å². The molecule has 0 bridgehead atoms. The Labute approximate surface area is 167 Å². The van der Waals surface area contributed by atoms with Crippen LogP contribution in [0.4, 0.5) is 0 Å². The molecule has 3 rings (SSSR count). The Balaban J connectivity index is 2.36. The van der Waals surface area contributed by atoms with Gasteiger partial charge in [0.1, 0.15) is 0 Å². The molecule has 0 aliphatic heterocycles. The van der Waals surface area contributed by atoms with E-state index in [1.165, 1.54) is 35.4 Å². The van der Waals surface area contributed by atoms with Crippen LogP contribution in [0.15, 0.2) is 56.9 Å². The topological polar surface area (TPSA) is 81.4 Å². The molecule has 9 heteroatoms. The molecule has 148 valence electrons. The Morgan fingerprint density at radius 2 is 1.64 bits per heavy atom. The molecule has 1 heterocycles. The van der Waals surface area contributed by atoms with Crippen LogP contribution in [0.2, 0.25) is 5.02 Å². The molecule has 0 atom stereocenters. The van der Waals surface area contributed by atoms with Crippen molar-refractivity contribution in [2.24, 2.45) is 0 Å². The second-order valence-corrected chi connectivity index (χ2v) is 9.10. The van der Waals surface area contributed by atoms with Crippen molar-refractivity contribution >= 4 is 32.7 Å². The quantitative estimate of drug-likeness (QED) is 0.591. The molecule has 0 fully saturated rings. The Kier molecular flexibility index (Phi) is 5.47. The largest absolute Gasteiger partial charge is 0.317 e. The molecule has 0 saturated carbocycles. The molecule has 28 heavy (non-hydrogen) atoms. The maximum Gasteiger partial charge on any atom is 0.317 e. The summed E-state index contributed by atoms with van der Waals surface area (Å²) in [6, 6.07) is 11.4. The minimum absolute atomic E-state index is 0.0468. The summed E-state index contributed by atoms with van der Waals surface area (Å²) < 4.78 is 28.8. The van der Waals surface area contributed by atoms with Crippen LogP contribution in [0.25, 0.3) is 11.0 Å². The van der Waals surface area contributed by atoms with Gasteiger partial charge in [-0.15, -0.1) is 0 Å². The zero-order valence-corrected chi connectivity index (χ0v) is 17.3. The average Bonchev–Trinajstić information content (AvgIpc) is 2.65. The van der Waals surface area contributed by atoms with Crippen LogP contribution in [-0.2, 0) is 23.1 Å². The van der Waals surface area contributed by atoms with Crippen LogP contribution >= 0.6 is 11.6 Å². The lowest BCUT2D eigenvalue weighted by Gasteiger charge is -2.17. The number of nitrogens with zero attached hydrogens (tertiary/aromatic N) is 3. The number of hydrogen-bond donors (Lipinski definition) is 0. The van der Waals surface area contributed by atoms with Crippen LogP contribution < -0.4 is 11.1 Å². The number of benzene rings is 2. The molecule has 2 aromatic carbocycles. The number of rotatable bonds is 5. The summed E-state index contributed by atoms with van der Waals surface area (Å²) in [5.41, 5.74) is 0.223. The highest BCUT2D eigenvalue weighted by atomic mass is 35.5. The molecule has 0 saturated heterocycles. The van der Waals surface area contributed by atoms with Crippen molar-refractivity contribution in [3.63, 3.8) is 0 Å². The monoisotopic (exact) mass is 421 g/mol. The van der Waals surface area contributed by atoms with Crippen LogP contribution in [0.1, 0.15) is 12.5 Å². The van der Waals surface area contributed by atoms with Crippen molar-refractivity contribution in [3.8, 4) is 0 Å². The Morgan fingerprint density at radius 1 is 0.964 bits per heavy atom. The molecule has 0 spiro atoms. The second kappa shape index (κ2) is 7.54. The Morgan fingerprint density at radius 3 is 2.25 bits per heavy atom. The minimum Gasteiger partial charge on any atom is -0.302 e. The van der Waals surface area contributed by atoms with E-state index in [2.05, 4.69) is 0 Å². The summed E-state index contributed by atoms with van der Waals surface area (Å²) in [5.74, 6) is 0. The number of sulfonamides is 1. The molecular weight excluding hydrogens is 402 g/mol. The van der Waals surface area contributed by atoms with Crippen molar-refractivity contribution in [1.82, 2.24) is 13.4 Å². The van der Waals surface area contributed by atoms with Crippen molar-refractivity contribution in [2.45, 2.75) is 24.9 Å². The van der Waals surface area contributed by atoms with Gasteiger partial charge in [0.25, 0.3) is 0 Å². The maximum atomic E-state index is 12.8. The predicted molar refractivity (Wildman–Crippen MR) is 110 cm³/mol. The Hall–Kier alpha value is -2.42. The van der Waals surface area contributed by atoms with Crippen molar-refractivity contribution in [2.75, 3.05) is 14.1 Å².